The number of nitrogens with one attached hydrogen (secondary N) is 2. The Hall–Kier alpha value is -1.71. The van der Waals surface area contributed by atoms with Crippen molar-refractivity contribution in [3.05, 3.63) is 29.8 Å². The molecule has 2 rings (SSSR count). The lowest BCUT2D eigenvalue weighted by Crippen LogP contribution is -2.36. The highest BCUT2D eigenvalue weighted by Crippen LogP contribution is 2.18. The minimum Gasteiger partial charge on any atom is -0.508 e. The van der Waals surface area contributed by atoms with Crippen molar-refractivity contribution in [2.24, 2.45) is 0 Å². The Morgan fingerprint density at radius 1 is 1.47 bits per heavy atom. The predicted molar refractivity (Wildman–Crippen MR) is 56.5 cm³/mol. The number of amides is 2. The molecule has 0 aliphatic heterocycles. The average Bonchev–Trinajstić information content (AvgIpc) is 2.99. The summed E-state index contributed by atoms with van der Waals surface area (Å²) in [6.45, 7) is 0.437. The van der Waals surface area contributed by atoms with E-state index in [1.54, 1.807) is 18.2 Å². The molecule has 80 valence electrons. The molecule has 1 aromatic carbocycles. The first-order chi connectivity index (χ1) is 7.24. The second kappa shape index (κ2) is 4.21. The van der Waals surface area contributed by atoms with Crippen LogP contribution in [-0.2, 0) is 6.54 Å². The number of rotatable bonds is 3. The fourth-order valence-corrected chi connectivity index (χ4v) is 1.31. The number of hydrogen-bond donors (Lipinski definition) is 3. The van der Waals surface area contributed by atoms with Crippen LogP contribution in [0.25, 0.3) is 0 Å². The van der Waals surface area contributed by atoms with Crippen LogP contribution in [0.2, 0.25) is 0 Å². The standard InChI is InChI=1S/C11H14N2O2/c14-10-3-1-2-8(6-10)7-12-11(15)13-9-4-5-9/h1-3,6,9,14H,4-5,7H2,(H2,12,13,15). The number of phenols is 1. The molecule has 2 amide bonds. The molecule has 3 N–H and O–H groups in total. The van der Waals surface area contributed by atoms with Crippen molar-refractivity contribution in [2.75, 3.05) is 0 Å². The molecule has 0 heterocycles. The van der Waals surface area contributed by atoms with E-state index in [9.17, 15) is 9.90 Å². The highest BCUT2D eigenvalue weighted by molar-refractivity contribution is 5.74. The zero-order valence-corrected chi connectivity index (χ0v) is 8.36. The SMILES string of the molecule is O=C(NCc1cccc(O)c1)NC1CC1. The van der Waals surface area contributed by atoms with Crippen molar-refractivity contribution >= 4 is 6.03 Å². The number of benzene rings is 1. The third-order valence-corrected chi connectivity index (χ3v) is 2.28. The number of aromatic hydroxyl groups is 1. The van der Waals surface area contributed by atoms with Crippen LogP contribution in [0.3, 0.4) is 0 Å². The van der Waals surface area contributed by atoms with Gasteiger partial charge in [0.1, 0.15) is 5.75 Å². The van der Waals surface area contributed by atoms with Crippen LogP contribution >= 0.6 is 0 Å². The third-order valence-electron chi connectivity index (χ3n) is 2.28. The van der Waals surface area contributed by atoms with Crippen molar-refractivity contribution in [1.82, 2.24) is 10.6 Å². The van der Waals surface area contributed by atoms with Gasteiger partial charge in [0.2, 0.25) is 0 Å². The second-order valence-corrected chi connectivity index (χ2v) is 3.77. The predicted octanol–water partition coefficient (Wildman–Crippen LogP) is 1.35. The van der Waals surface area contributed by atoms with E-state index in [2.05, 4.69) is 10.6 Å². The first-order valence-corrected chi connectivity index (χ1v) is 5.06. The number of carbonyl (C=O) groups is 1. The molecule has 0 saturated heterocycles. The van der Waals surface area contributed by atoms with Gasteiger partial charge in [-0.1, -0.05) is 12.1 Å². The van der Waals surface area contributed by atoms with Gasteiger partial charge in [0.15, 0.2) is 0 Å². The van der Waals surface area contributed by atoms with Gasteiger partial charge in [-0.25, -0.2) is 4.79 Å². The van der Waals surface area contributed by atoms with Crippen LogP contribution in [0.1, 0.15) is 18.4 Å². The Morgan fingerprint density at radius 2 is 2.27 bits per heavy atom. The number of urea groups is 1. The molecule has 4 heteroatoms. The summed E-state index contributed by atoms with van der Waals surface area (Å²) in [5.74, 6) is 0.219. The van der Waals surface area contributed by atoms with Crippen LogP contribution in [0.15, 0.2) is 24.3 Å². The summed E-state index contributed by atoms with van der Waals surface area (Å²) in [6, 6.07) is 7.09. The maximum absolute atomic E-state index is 11.3. The molecule has 1 aliphatic carbocycles. The first-order valence-electron chi connectivity index (χ1n) is 5.06. The van der Waals surface area contributed by atoms with Crippen LogP contribution in [0, 0.1) is 0 Å². The Labute approximate surface area is 88.3 Å². The number of carbonyl (C=O) groups excluding carboxylic acids is 1. The summed E-state index contributed by atoms with van der Waals surface area (Å²) in [4.78, 5) is 11.3. The zero-order valence-electron chi connectivity index (χ0n) is 8.36. The zero-order chi connectivity index (χ0) is 10.7. The number of hydrogen-bond acceptors (Lipinski definition) is 2. The normalized spacial score (nSPS) is 14.7. The molecule has 1 aliphatic rings. The van der Waals surface area contributed by atoms with Crippen LogP contribution < -0.4 is 10.6 Å². The van der Waals surface area contributed by atoms with Gasteiger partial charge < -0.3 is 15.7 Å². The molecule has 0 unspecified atom stereocenters. The highest BCUT2D eigenvalue weighted by atomic mass is 16.3. The van der Waals surface area contributed by atoms with E-state index in [1.165, 1.54) is 0 Å². The minimum absolute atomic E-state index is 0.138. The molecule has 0 bridgehead atoms. The lowest BCUT2D eigenvalue weighted by molar-refractivity contribution is 0.240. The first kappa shape index (κ1) is 9.83. The van der Waals surface area contributed by atoms with Gasteiger partial charge in [-0.2, -0.15) is 0 Å². The topological polar surface area (TPSA) is 61.4 Å². The quantitative estimate of drug-likeness (QED) is 0.699. The summed E-state index contributed by atoms with van der Waals surface area (Å²) < 4.78 is 0. The van der Waals surface area contributed by atoms with Gasteiger partial charge in [-0.3, -0.25) is 0 Å². The van der Waals surface area contributed by atoms with Gasteiger partial charge in [0.25, 0.3) is 0 Å². The molecule has 4 nitrogen and oxygen atoms in total. The van der Waals surface area contributed by atoms with E-state index >= 15 is 0 Å². The van der Waals surface area contributed by atoms with Gasteiger partial charge >= 0.3 is 6.03 Å². The van der Waals surface area contributed by atoms with Crippen LogP contribution in [0.4, 0.5) is 4.79 Å². The van der Waals surface area contributed by atoms with Crippen molar-refractivity contribution < 1.29 is 9.90 Å². The molecule has 0 atom stereocenters. The van der Waals surface area contributed by atoms with Crippen molar-refractivity contribution in [1.29, 1.82) is 0 Å². The van der Waals surface area contributed by atoms with E-state index in [0.29, 0.717) is 12.6 Å². The van der Waals surface area contributed by atoms with Crippen molar-refractivity contribution in [2.45, 2.75) is 25.4 Å². The maximum Gasteiger partial charge on any atom is 0.315 e. The monoisotopic (exact) mass is 206 g/mol. The van der Waals surface area contributed by atoms with Gasteiger partial charge in [-0.05, 0) is 30.5 Å². The van der Waals surface area contributed by atoms with Gasteiger partial charge in [0.05, 0.1) is 0 Å². The van der Waals surface area contributed by atoms with Crippen molar-refractivity contribution in [3.63, 3.8) is 0 Å². The van der Waals surface area contributed by atoms with Gasteiger partial charge in [0, 0.05) is 12.6 Å². The summed E-state index contributed by atoms with van der Waals surface area (Å²) in [7, 11) is 0. The van der Waals surface area contributed by atoms with Gasteiger partial charge in [-0.15, -0.1) is 0 Å². The average molecular weight is 206 g/mol. The fourth-order valence-electron chi connectivity index (χ4n) is 1.31. The van der Waals surface area contributed by atoms with E-state index in [1.807, 2.05) is 6.07 Å². The van der Waals surface area contributed by atoms with E-state index < -0.39 is 0 Å². The Morgan fingerprint density at radius 3 is 2.93 bits per heavy atom. The second-order valence-electron chi connectivity index (χ2n) is 3.77. The lowest BCUT2D eigenvalue weighted by atomic mass is 10.2. The molecule has 15 heavy (non-hydrogen) atoms. The summed E-state index contributed by atoms with van der Waals surface area (Å²) in [5, 5.41) is 14.8. The summed E-state index contributed by atoms with van der Waals surface area (Å²) in [5.41, 5.74) is 0.890. The van der Waals surface area contributed by atoms with E-state index in [-0.39, 0.29) is 11.8 Å². The van der Waals surface area contributed by atoms with Crippen molar-refractivity contribution in [3.8, 4) is 5.75 Å². The molecule has 1 fully saturated rings. The molecular formula is C11H14N2O2. The molecule has 0 spiro atoms. The molecule has 1 saturated carbocycles. The minimum atomic E-state index is -0.138. The van der Waals surface area contributed by atoms with Crippen LogP contribution in [-0.4, -0.2) is 17.2 Å². The highest BCUT2D eigenvalue weighted by Gasteiger charge is 2.22. The molecular weight excluding hydrogens is 192 g/mol. The Balaban J connectivity index is 1.78. The lowest BCUT2D eigenvalue weighted by Gasteiger charge is -2.06. The maximum atomic E-state index is 11.3. The smallest absolute Gasteiger partial charge is 0.315 e. The molecule has 0 radical (unpaired) electrons. The van der Waals surface area contributed by atoms with E-state index in [4.69, 9.17) is 0 Å². The number of phenolic OH excluding ortho intramolecular Hbond substituents is 1. The largest absolute Gasteiger partial charge is 0.508 e. The fraction of sp³-hybridized carbons (Fsp3) is 0.364. The summed E-state index contributed by atoms with van der Waals surface area (Å²) in [6.07, 6.45) is 2.17. The molecule has 1 aromatic rings. The van der Waals surface area contributed by atoms with E-state index in [0.717, 1.165) is 18.4 Å². The molecule has 0 aromatic heterocycles. The van der Waals surface area contributed by atoms with Crippen LogP contribution in [0.5, 0.6) is 5.75 Å². The third kappa shape index (κ3) is 3.16. The summed E-state index contributed by atoms with van der Waals surface area (Å²) >= 11 is 0. The Kier molecular flexibility index (Phi) is 2.76. The Bertz CT molecular complexity index is 361.